The van der Waals surface area contributed by atoms with Crippen LogP contribution < -0.4 is 0 Å². The zero-order chi connectivity index (χ0) is 11.7. The molecule has 0 spiro atoms. The minimum Gasteiger partial charge on any atom is -0.507 e. The molecule has 0 saturated heterocycles. The Labute approximate surface area is 110 Å². The van der Waals surface area contributed by atoms with Gasteiger partial charge < -0.3 is 10.2 Å². The molecule has 82 valence electrons. The largest absolute Gasteiger partial charge is 0.507 e. The molecule has 0 radical (unpaired) electrons. The Morgan fingerprint density at radius 3 is 1.38 bits per heavy atom. The van der Waals surface area contributed by atoms with Gasteiger partial charge in [0.15, 0.2) is 0 Å². The Bertz CT molecular complexity index is 489. The SMILES string of the molecule is Oc1ccc(-c2ccc(O)c(Br)c2)cc1Br. The van der Waals surface area contributed by atoms with Crippen LogP contribution in [0.5, 0.6) is 11.5 Å². The van der Waals surface area contributed by atoms with E-state index < -0.39 is 0 Å². The van der Waals surface area contributed by atoms with Gasteiger partial charge >= 0.3 is 0 Å². The average Bonchev–Trinajstić information content (AvgIpc) is 2.26. The number of phenols is 2. The van der Waals surface area contributed by atoms with E-state index in [4.69, 9.17) is 0 Å². The summed E-state index contributed by atoms with van der Waals surface area (Å²) >= 11 is 6.53. The van der Waals surface area contributed by atoms with E-state index in [1.807, 2.05) is 24.3 Å². The number of aromatic hydroxyl groups is 2. The zero-order valence-corrected chi connectivity index (χ0v) is 11.3. The molecule has 4 heteroatoms. The van der Waals surface area contributed by atoms with Gasteiger partial charge in [0.2, 0.25) is 0 Å². The first-order valence-corrected chi connectivity index (χ1v) is 6.14. The summed E-state index contributed by atoms with van der Waals surface area (Å²) in [4.78, 5) is 0. The summed E-state index contributed by atoms with van der Waals surface area (Å²) in [6.07, 6.45) is 0. The van der Waals surface area contributed by atoms with Gasteiger partial charge in [0.05, 0.1) is 8.95 Å². The molecule has 16 heavy (non-hydrogen) atoms. The van der Waals surface area contributed by atoms with Gasteiger partial charge in [-0.1, -0.05) is 12.1 Å². The maximum Gasteiger partial charge on any atom is 0.129 e. The van der Waals surface area contributed by atoms with Crippen molar-refractivity contribution in [2.45, 2.75) is 0 Å². The first-order valence-electron chi connectivity index (χ1n) is 4.55. The Morgan fingerprint density at radius 2 is 1.06 bits per heavy atom. The second kappa shape index (κ2) is 4.47. The minimum atomic E-state index is 0.210. The third kappa shape index (κ3) is 2.23. The zero-order valence-electron chi connectivity index (χ0n) is 8.11. The normalized spacial score (nSPS) is 10.4. The topological polar surface area (TPSA) is 40.5 Å². The van der Waals surface area contributed by atoms with Crippen LogP contribution in [0.15, 0.2) is 45.3 Å². The summed E-state index contributed by atoms with van der Waals surface area (Å²) in [5.41, 5.74) is 1.93. The third-order valence-corrected chi connectivity index (χ3v) is 3.50. The summed E-state index contributed by atoms with van der Waals surface area (Å²) in [6.45, 7) is 0. The highest BCUT2D eigenvalue weighted by atomic mass is 79.9. The van der Waals surface area contributed by atoms with E-state index in [2.05, 4.69) is 31.9 Å². The first kappa shape index (κ1) is 11.5. The van der Waals surface area contributed by atoms with E-state index in [9.17, 15) is 10.2 Å². The predicted octanol–water partition coefficient (Wildman–Crippen LogP) is 4.29. The maximum absolute atomic E-state index is 9.39. The number of rotatable bonds is 1. The van der Waals surface area contributed by atoms with E-state index in [-0.39, 0.29) is 11.5 Å². The van der Waals surface area contributed by atoms with Crippen molar-refractivity contribution < 1.29 is 10.2 Å². The van der Waals surface area contributed by atoms with Crippen LogP contribution in [0.1, 0.15) is 0 Å². The number of hydrogen-bond donors (Lipinski definition) is 2. The third-order valence-electron chi connectivity index (χ3n) is 2.23. The van der Waals surface area contributed by atoms with Crippen LogP contribution in [-0.4, -0.2) is 10.2 Å². The molecule has 0 bridgehead atoms. The second-order valence-corrected chi connectivity index (χ2v) is 5.04. The van der Waals surface area contributed by atoms with Crippen molar-refractivity contribution in [3.63, 3.8) is 0 Å². The molecule has 0 aliphatic rings. The molecule has 2 aromatic carbocycles. The van der Waals surface area contributed by atoms with E-state index in [0.717, 1.165) is 11.1 Å². The van der Waals surface area contributed by atoms with Crippen LogP contribution in [0.4, 0.5) is 0 Å². The van der Waals surface area contributed by atoms with Crippen LogP contribution in [0.3, 0.4) is 0 Å². The number of hydrogen-bond acceptors (Lipinski definition) is 2. The van der Waals surface area contributed by atoms with Crippen molar-refractivity contribution in [2.24, 2.45) is 0 Å². The predicted molar refractivity (Wildman–Crippen MR) is 70.6 cm³/mol. The molecule has 0 aliphatic heterocycles. The summed E-state index contributed by atoms with van der Waals surface area (Å²) in [5, 5.41) is 18.8. The quantitative estimate of drug-likeness (QED) is 0.810. The Morgan fingerprint density at radius 1 is 0.688 bits per heavy atom. The van der Waals surface area contributed by atoms with Crippen LogP contribution in [0, 0.1) is 0 Å². The Hall–Kier alpha value is -1.00. The summed E-state index contributed by atoms with van der Waals surface area (Å²) in [6, 6.07) is 10.5. The fraction of sp³-hybridized carbons (Fsp3) is 0. The van der Waals surface area contributed by atoms with Gasteiger partial charge in [0.1, 0.15) is 11.5 Å². The smallest absolute Gasteiger partial charge is 0.129 e. The van der Waals surface area contributed by atoms with Gasteiger partial charge in [-0.25, -0.2) is 0 Å². The lowest BCUT2D eigenvalue weighted by Crippen LogP contribution is -1.79. The van der Waals surface area contributed by atoms with Gasteiger partial charge in [-0.3, -0.25) is 0 Å². The lowest BCUT2D eigenvalue weighted by atomic mass is 10.1. The molecule has 0 saturated carbocycles. The molecule has 0 aliphatic carbocycles. The molecular formula is C12H8Br2O2. The van der Waals surface area contributed by atoms with E-state index in [1.54, 1.807) is 12.1 Å². The summed E-state index contributed by atoms with van der Waals surface area (Å²) in [7, 11) is 0. The van der Waals surface area contributed by atoms with E-state index >= 15 is 0 Å². The fourth-order valence-corrected chi connectivity index (χ4v) is 2.13. The molecule has 2 rings (SSSR count). The first-order chi connectivity index (χ1) is 7.58. The van der Waals surface area contributed by atoms with Gasteiger partial charge in [-0.15, -0.1) is 0 Å². The Kier molecular flexibility index (Phi) is 3.21. The lowest BCUT2D eigenvalue weighted by molar-refractivity contribution is 0.471. The van der Waals surface area contributed by atoms with Gasteiger partial charge in [0.25, 0.3) is 0 Å². The standard InChI is InChI=1S/C12H8Br2O2/c13-9-5-7(1-3-11(9)15)8-2-4-12(16)10(14)6-8/h1-6,15-16H. The maximum atomic E-state index is 9.39. The van der Waals surface area contributed by atoms with Gasteiger partial charge in [-0.05, 0) is 67.3 Å². The van der Waals surface area contributed by atoms with Gasteiger partial charge in [0, 0.05) is 0 Å². The van der Waals surface area contributed by atoms with Crippen LogP contribution in [-0.2, 0) is 0 Å². The molecule has 0 unspecified atom stereocenters. The monoisotopic (exact) mass is 342 g/mol. The highest BCUT2D eigenvalue weighted by Gasteiger charge is 2.04. The average molecular weight is 344 g/mol. The highest BCUT2D eigenvalue weighted by molar-refractivity contribution is 9.10. The molecule has 2 nitrogen and oxygen atoms in total. The van der Waals surface area contributed by atoms with Crippen LogP contribution >= 0.6 is 31.9 Å². The van der Waals surface area contributed by atoms with Crippen molar-refractivity contribution >= 4 is 31.9 Å². The fourth-order valence-electron chi connectivity index (χ4n) is 1.37. The van der Waals surface area contributed by atoms with E-state index in [1.165, 1.54) is 0 Å². The molecule has 2 aromatic rings. The van der Waals surface area contributed by atoms with Crippen molar-refractivity contribution in [3.05, 3.63) is 45.3 Å². The van der Waals surface area contributed by atoms with Crippen molar-refractivity contribution in [1.29, 1.82) is 0 Å². The van der Waals surface area contributed by atoms with Gasteiger partial charge in [-0.2, -0.15) is 0 Å². The van der Waals surface area contributed by atoms with Crippen LogP contribution in [0.25, 0.3) is 11.1 Å². The number of phenolic OH excluding ortho intramolecular Hbond substituents is 2. The summed E-state index contributed by atoms with van der Waals surface area (Å²) < 4.78 is 1.29. The number of halogens is 2. The van der Waals surface area contributed by atoms with Crippen molar-refractivity contribution in [1.82, 2.24) is 0 Å². The number of benzene rings is 2. The summed E-state index contributed by atoms with van der Waals surface area (Å²) in [5.74, 6) is 0.420. The molecule has 0 amide bonds. The molecule has 2 N–H and O–H groups in total. The van der Waals surface area contributed by atoms with Crippen molar-refractivity contribution in [2.75, 3.05) is 0 Å². The molecule has 0 fully saturated rings. The second-order valence-electron chi connectivity index (χ2n) is 3.33. The lowest BCUT2D eigenvalue weighted by Gasteiger charge is -2.05. The molecular weight excluding hydrogens is 336 g/mol. The Balaban J connectivity index is 2.50. The van der Waals surface area contributed by atoms with Crippen molar-refractivity contribution in [3.8, 4) is 22.6 Å². The highest BCUT2D eigenvalue weighted by Crippen LogP contribution is 2.33. The van der Waals surface area contributed by atoms with Crippen LogP contribution in [0.2, 0.25) is 0 Å². The van der Waals surface area contributed by atoms with E-state index in [0.29, 0.717) is 8.95 Å². The molecule has 0 heterocycles. The minimum absolute atomic E-state index is 0.210. The molecule has 0 atom stereocenters. The molecule has 0 aromatic heterocycles.